The number of anilines is 1. The molecule has 3 heteroatoms. The predicted octanol–water partition coefficient (Wildman–Crippen LogP) is 3.17. The maximum absolute atomic E-state index is 12.8. The highest BCUT2D eigenvalue weighted by molar-refractivity contribution is 5.95. The van der Waals surface area contributed by atoms with Crippen LogP contribution in [0.25, 0.3) is 0 Å². The van der Waals surface area contributed by atoms with Crippen LogP contribution in [0.4, 0.5) is 5.69 Å². The number of hydrogen-bond donors (Lipinski definition) is 1. The van der Waals surface area contributed by atoms with Gasteiger partial charge in [0, 0.05) is 24.2 Å². The maximum atomic E-state index is 12.8. The molecule has 0 aliphatic heterocycles. The number of rotatable bonds is 3. The molecule has 1 aliphatic rings. The number of nitrogens with two attached hydrogens (primary N) is 1. The topological polar surface area (TPSA) is 46.3 Å². The molecule has 1 fully saturated rings. The van der Waals surface area contributed by atoms with Crippen molar-refractivity contribution in [2.75, 3.05) is 11.4 Å². The summed E-state index contributed by atoms with van der Waals surface area (Å²) in [5.41, 5.74) is 9.44. The summed E-state index contributed by atoms with van der Waals surface area (Å²) < 4.78 is 0. The van der Waals surface area contributed by atoms with Crippen LogP contribution in [0, 0.1) is 19.8 Å². The normalized spacial score (nSPS) is 22.6. The number of hydrogen-bond acceptors (Lipinski definition) is 2. The third-order valence-corrected chi connectivity index (χ3v) is 4.16. The molecule has 3 nitrogen and oxygen atoms in total. The zero-order chi connectivity index (χ0) is 14.7. The highest BCUT2D eigenvalue weighted by atomic mass is 16.2. The van der Waals surface area contributed by atoms with E-state index in [0.29, 0.717) is 6.54 Å². The number of carbonyl (C=O) groups is 1. The van der Waals surface area contributed by atoms with Crippen LogP contribution >= 0.6 is 0 Å². The van der Waals surface area contributed by atoms with Crippen molar-refractivity contribution in [2.45, 2.75) is 52.5 Å². The molecule has 0 saturated heterocycles. The first-order valence-corrected chi connectivity index (χ1v) is 7.66. The minimum absolute atomic E-state index is 0.0968. The smallest absolute Gasteiger partial charge is 0.230 e. The lowest BCUT2D eigenvalue weighted by Crippen LogP contribution is -2.40. The van der Waals surface area contributed by atoms with Crippen molar-refractivity contribution in [1.82, 2.24) is 0 Å². The Bertz CT molecular complexity index is 464. The molecular formula is C17H26N2O. The zero-order valence-corrected chi connectivity index (χ0v) is 12.9. The van der Waals surface area contributed by atoms with E-state index in [2.05, 4.69) is 32.0 Å². The van der Waals surface area contributed by atoms with E-state index in [-0.39, 0.29) is 17.9 Å². The number of carbonyl (C=O) groups excluding carboxylic acids is 1. The third-order valence-electron chi connectivity index (χ3n) is 4.16. The number of aryl methyl sites for hydroxylation is 2. The summed E-state index contributed by atoms with van der Waals surface area (Å²) in [7, 11) is 0. The maximum Gasteiger partial charge on any atom is 0.230 e. The van der Waals surface area contributed by atoms with E-state index in [9.17, 15) is 4.79 Å². The van der Waals surface area contributed by atoms with Gasteiger partial charge in [0.15, 0.2) is 0 Å². The number of benzene rings is 1. The Kier molecular flexibility index (Phi) is 4.81. The standard InChI is InChI=1S/C17H26N2O/c1-4-19(16-9-12(2)8-13(3)10-16)17(20)14-6-5-7-15(18)11-14/h8-10,14-15H,4-7,11,18H2,1-3H3. The van der Waals surface area contributed by atoms with Crippen molar-refractivity contribution in [3.63, 3.8) is 0 Å². The molecule has 110 valence electrons. The van der Waals surface area contributed by atoms with Gasteiger partial charge in [-0.1, -0.05) is 12.5 Å². The first-order valence-electron chi connectivity index (χ1n) is 7.66. The second-order valence-electron chi connectivity index (χ2n) is 6.05. The van der Waals surface area contributed by atoms with Crippen molar-refractivity contribution in [3.05, 3.63) is 29.3 Å². The molecule has 20 heavy (non-hydrogen) atoms. The van der Waals surface area contributed by atoms with Gasteiger partial charge in [-0.25, -0.2) is 0 Å². The van der Waals surface area contributed by atoms with Gasteiger partial charge in [0.25, 0.3) is 0 Å². The minimum atomic E-state index is 0.0968. The lowest BCUT2D eigenvalue weighted by Gasteiger charge is -2.31. The van der Waals surface area contributed by atoms with Gasteiger partial charge in [0.05, 0.1) is 0 Å². The van der Waals surface area contributed by atoms with Gasteiger partial charge in [-0.3, -0.25) is 4.79 Å². The number of nitrogens with zero attached hydrogens (tertiary/aromatic N) is 1. The fourth-order valence-electron chi connectivity index (χ4n) is 3.24. The van der Waals surface area contributed by atoms with Gasteiger partial charge in [0.2, 0.25) is 5.91 Å². The average molecular weight is 274 g/mol. The zero-order valence-electron chi connectivity index (χ0n) is 12.9. The molecule has 0 heterocycles. The van der Waals surface area contributed by atoms with Crippen LogP contribution in [0.2, 0.25) is 0 Å². The quantitative estimate of drug-likeness (QED) is 0.920. The molecule has 2 N–H and O–H groups in total. The Morgan fingerprint density at radius 3 is 2.45 bits per heavy atom. The predicted molar refractivity (Wildman–Crippen MR) is 83.9 cm³/mol. The number of amides is 1. The summed E-state index contributed by atoms with van der Waals surface area (Å²) in [6, 6.07) is 6.52. The molecule has 0 bridgehead atoms. The first kappa shape index (κ1) is 15.0. The second kappa shape index (κ2) is 6.40. The Morgan fingerprint density at radius 2 is 1.90 bits per heavy atom. The minimum Gasteiger partial charge on any atom is -0.328 e. The van der Waals surface area contributed by atoms with Crippen LogP contribution in [-0.2, 0) is 4.79 Å². The van der Waals surface area contributed by atoms with E-state index in [1.807, 2.05) is 11.8 Å². The van der Waals surface area contributed by atoms with E-state index >= 15 is 0 Å². The van der Waals surface area contributed by atoms with E-state index < -0.39 is 0 Å². The molecule has 0 radical (unpaired) electrons. The van der Waals surface area contributed by atoms with Crippen molar-refractivity contribution in [1.29, 1.82) is 0 Å². The van der Waals surface area contributed by atoms with Gasteiger partial charge in [-0.05, 0) is 63.3 Å². The van der Waals surface area contributed by atoms with Crippen molar-refractivity contribution >= 4 is 11.6 Å². The largest absolute Gasteiger partial charge is 0.328 e. The summed E-state index contributed by atoms with van der Waals surface area (Å²) in [5.74, 6) is 0.340. The van der Waals surface area contributed by atoms with Crippen molar-refractivity contribution < 1.29 is 4.79 Å². The van der Waals surface area contributed by atoms with E-state index in [1.54, 1.807) is 0 Å². The third kappa shape index (κ3) is 3.40. The molecule has 1 aromatic carbocycles. The molecule has 1 aromatic rings. The van der Waals surface area contributed by atoms with Crippen LogP contribution in [0.1, 0.15) is 43.7 Å². The lowest BCUT2D eigenvalue weighted by atomic mass is 9.85. The summed E-state index contributed by atoms with van der Waals surface area (Å²) >= 11 is 0. The van der Waals surface area contributed by atoms with Crippen LogP contribution in [0.3, 0.4) is 0 Å². The Balaban J connectivity index is 2.20. The highest BCUT2D eigenvalue weighted by Gasteiger charge is 2.29. The lowest BCUT2D eigenvalue weighted by molar-refractivity contribution is -0.123. The van der Waals surface area contributed by atoms with Crippen LogP contribution in [0.15, 0.2) is 18.2 Å². The van der Waals surface area contributed by atoms with Gasteiger partial charge in [-0.15, -0.1) is 0 Å². The van der Waals surface area contributed by atoms with Gasteiger partial charge >= 0.3 is 0 Å². The summed E-state index contributed by atoms with van der Waals surface area (Å²) in [5, 5.41) is 0. The highest BCUT2D eigenvalue weighted by Crippen LogP contribution is 2.28. The van der Waals surface area contributed by atoms with Crippen molar-refractivity contribution in [2.24, 2.45) is 11.7 Å². The molecular weight excluding hydrogens is 248 g/mol. The van der Waals surface area contributed by atoms with Gasteiger partial charge in [0.1, 0.15) is 0 Å². The average Bonchev–Trinajstić information content (AvgIpc) is 2.38. The van der Waals surface area contributed by atoms with E-state index in [0.717, 1.165) is 31.4 Å². The SMILES string of the molecule is CCN(C(=O)C1CCCC(N)C1)c1cc(C)cc(C)c1. The summed E-state index contributed by atoms with van der Waals surface area (Å²) in [6.07, 6.45) is 3.94. The second-order valence-corrected chi connectivity index (χ2v) is 6.05. The monoisotopic (exact) mass is 274 g/mol. The first-order chi connectivity index (χ1) is 9.51. The fraction of sp³-hybridized carbons (Fsp3) is 0.588. The van der Waals surface area contributed by atoms with Gasteiger partial charge in [-0.2, -0.15) is 0 Å². The Morgan fingerprint density at radius 1 is 1.25 bits per heavy atom. The molecule has 2 atom stereocenters. The van der Waals surface area contributed by atoms with E-state index in [4.69, 9.17) is 5.73 Å². The van der Waals surface area contributed by atoms with Crippen LogP contribution in [0.5, 0.6) is 0 Å². The van der Waals surface area contributed by atoms with Crippen molar-refractivity contribution in [3.8, 4) is 0 Å². The molecule has 0 spiro atoms. The molecule has 2 rings (SSSR count). The van der Waals surface area contributed by atoms with Gasteiger partial charge < -0.3 is 10.6 Å². The van der Waals surface area contributed by atoms with Crippen LogP contribution in [-0.4, -0.2) is 18.5 Å². The Labute approximate surface area is 122 Å². The molecule has 1 aliphatic carbocycles. The molecule has 0 aromatic heterocycles. The Hall–Kier alpha value is -1.35. The molecule has 2 unspecified atom stereocenters. The van der Waals surface area contributed by atoms with Crippen LogP contribution < -0.4 is 10.6 Å². The summed E-state index contributed by atoms with van der Waals surface area (Å²) in [6.45, 7) is 6.91. The molecule has 1 saturated carbocycles. The summed E-state index contributed by atoms with van der Waals surface area (Å²) in [4.78, 5) is 14.7. The fourth-order valence-corrected chi connectivity index (χ4v) is 3.24. The van der Waals surface area contributed by atoms with E-state index in [1.165, 1.54) is 11.1 Å². The molecule has 1 amide bonds.